The van der Waals surface area contributed by atoms with E-state index in [-0.39, 0.29) is 58.2 Å². The first kappa shape index (κ1) is 16.6. The van der Waals surface area contributed by atoms with Gasteiger partial charge in [0.05, 0.1) is 0 Å². The summed E-state index contributed by atoms with van der Waals surface area (Å²) in [5.41, 5.74) is 4.11. The van der Waals surface area contributed by atoms with Crippen molar-refractivity contribution in [1.29, 1.82) is 0 Å². The summed E-state index contributed by atoms with van der Waals surface area (Å²) >= 11 is 0. The minimum atomic E-state index is 0. The second-order valence-electron chi connectivity index (χ2n) is 5.87. The van der Waals surface area contributed by atoms with Crippen molar-refractivity contribution in [2.24, 2.45) is 5.92 Å². The van der Waals surface area contributed by atoms with Gasteiger partial charge >= 0.3 is 58.2 Å². The fourth-order valence-corrected chi connectivity index (χ4v) is 3.12. The average molecular weight is 335 g/mol. The van der Waals surface area contributed by atoms with Crippen molar-refractivity contribution in [1.82, 2.24) is 0 Å². The second kappa shape index (κ2) is 8.03. The molecule has 1 heteroatoms. The molecule has 3 rings (SSSR count). The van der Waals surface area contributed by atoms with Gasteiger partial charge in [-0.3, -0.25) is 0 Å². The number of benzene rings is 2. The maximum Gasteiger partial charge on any atom is 1.00 e. The molecule has 0 amide bonds. The molecule has 0 heterocycles. The van der Waals surface area contributed by atoms with Crippen LogP contribution in [0.15, 0.2) is 48.5 Å². The molecule has 2 aromatic carbocycles. The molecule has 0 bridgehead atoms. The van der Waals surface area contributed by atoms with Crippen LogP contribution in [-0.2, 0) is 0 Å². The summed E-state index contributed by atoms with van der Waals surface area (Å²) in [6.07, 6.45) is 5.50. The molecule has 0 saturated heterocycles. The van der Waals surface area contributed by atoms with E-state index in [0.29, 0.717) is 0 Å². The van der Waals surface area contributed by atoms with Crippen LogP contribution in [0.3, 0.4) is 0 Å². The van der Waals surface area contributed by atoms with Crippen LogP contribution in [0.2, 0.25) is 0 Å². The maximum absolute atomic E-state index is 3.07. The van der Waals surface area contributed by atoms with Crippen molar-refractivity contribution in [3.05, 3.63) is 60.2 Å². The van der Waals surface area contributed by atoms with Gasteiger partial charge < -0.3 is 0 Å². The molecule has 20 heavy (non-hydrogen) atoms. The largest absolute Gasteiger partial charge is 1.00 e. The smallest absolute Gasteiger partial charge is 0.184 e. The zero-order chi connectivity index (χ0) is 13.1. The summed E-state index contributed by atoms with van der Waals surface area (Å²) in [5.74, 6) is 1.71. The second-order valence-corrected chi connectivity index (χ2v) is 5.87. The third-order valence-corrected chi connectivity index (χ3v) is 4.45. The van der Waals surface area contributed by atoms with Crippen LogP contribution in [0.1, 0.15) is 44.1 Å². The van der Waals surface area contributed by atoms with Crippen LogP contribution in [0.25, 0.3) is 11.1 Å². The molecule has 0 radical (unpaired) electrons. The van der Waals surface area contributed by atoms with Gasteiger partial charge in [0.2, 0.25) is 0 Å². The molecule has 1 saturated carbocycles. The predicted octanol–water partition coefficient (Wildman–Crippen LogP) is 2.45. The van der Waals surface area contributed by atoms with Crippen LogP contribution >= 0.6 is 0 Å². The number of hydrogen-bond acceptors (Lipinski definition) is 0. The van der Waals surface area contributed by atoms with Crippen molar-refractivity contribution in [2.45, 2.75) is 38.5 Å². The molecule has 0 aliphatic heterocycles. The van der Waals surface area contributed by atoms with Gasteiger partial charge in [0.1, 0.15) is 0 Å². The summed E-state index contributed by atoms with van der Waals surface area (Å²) in [4.78, 5) is 0. The molecule has 0 spiro atoms. The Morgan fingerprint density at radius 2 is 1.35 bits per heavy atom. The van der Waals surface area contributed by atoms with Gasteiger partial charge in [-0.1, -0.05) is 44.0 Å². The first-order valence-electron chi connectivity index (χ1n) is 7.39. The van der Waals surface area contributed by atoms with Gasteiger partial charge in [0, 0.05) is 0 Å². The monoisotopic (exact) mass is 334 g/mol. The average Bonchev–Trinajstić information content (AvgIpc) is 2.49. The first-order valence-corrected chi connectivity index (χ1v) is 7.39. The van der Waals surface area contributed by atoms with Gasteiger partial charge in [0.25, 0.3) is 0 Å². The summed E-state index contributed by atoms with van der Waals surface area (Å²) < 4.78 is 0. The van der Waals surface area contributed by atoms with Gasteiger partial charge in [0.15, 0.2) is 0 Å². The molecule has 0 N–H and O–H groups in total. The van der Waals surface area contributed by atoms with E-state index >= 15 is 0 Å². The molecule has 0 nitrogen and oxygen atoms in total. The summed E-state index contributed by atoms with van der Waals surface area (Å²) in [7, 11) is 0. The Balaban J connectivity index is 0.00000147. The van der Waals surface area contributed by atoms with Crippen molar-refractivity contribution < 1.29 is 58.2 Å². The van der Waals surface area contributed by atoms with E-state index in [4.69, 9.17) is 0 Å². The van der Waals surface area contributed by atoms with E-state index in [1.807, 2.05) is 12.1 Å². The normalized spacial score (nSPS) is 22.1. The molecule has 0 atom stereocenters. The van der Waals surface area contributed by atoms with Crippen LogP contribution < -0.4 is 58.2 Å². The first-order chi connectivity index (χ1) is 9.33. The Labute approximate surface area is 171 Å². The Kier molecular flexibility index (Phi) is 6.67. The third kappa shape index (κ3) is 4.13. The molecule has 1 aliphatic rings. The van der Waals surface area contributed by atoms with E-state index in [9.17, 15) is 0 Å². The van der Waals surface area contributed by atoms with E-state index < -0.39 is 0 Å². The summed E-state index contributed by atoms with van der Waals surface area (Å²) in [6, 6.07) is 20.5. The van der Waals surface area contributed by atoms with Crippen molar-refractivity contribution in [2.75, 3.05) is 0 Å². The minimum absolute atomic E-state index is 0. The van der Waals surface area contributed by atoms with Gasteiger partial charge in [-0.15, -0.1) is 5.56 Å². The van der Waals surface area contributed by atoms with Crippen LogP contribution in [-0.4, -0.2) is 0 Å². The molecule has 1 aliphatic carbocycles. The van der Waals surface area contributed by atoms with Crippen molar-refractivity contribution in [3.63, 3.8) is 0 Å². The number of hydrogen-bond donors (Lipinski definition) is 0. The fraction of sp³-hybridized carbons (Fsp3) is 0.368. The van der Waals surface area contributed by atoms with E-state index in [2.05, 4.69) is 49.4 Å². The molecule has 2 aromatic rings. The topological polar surface area (TPSA) is 0 Å². The molecule has 0 aromatic heterocycles. The third-order valence-electron chi connectivity index (χ3n) is 4.45. The molecular weight excluding hydrogens is 314 g/mol. The quantitative estimate of drug-likeness (QED) is 0.740. The zero-order valence-corrected chi connectivity index (χ0v) is 17.5. The Bertz CT molecular complexity index is 507. The molecule has 0 unspecified atom stereocenters. The van der Waals surface area contributed by atoms with E-state index in [1.54, 1.807) is 0 Å². The predicted molar refractivity (Wildman–Crippen MR) is 81.1 cm³/mol. The standard InChI is InChI=1S/C19H21.Rb/c1-15-7-9-17(10-8-15)19-13-11-18(12-14-19)16-5-3-2-4-6-16;/h3-6,11-15,17H,7-10H2,1H3;/q-1;+1. The maximum atomic E-state index is 3.07. The minimum Gasteiger partial charge on any atom is -0.184 e. The van der Waals surface area contributed by atoms with Crippen LogP contribution in [0.4, 0.5) is 0 Å². The Morgan fingerprint density at radius 3 is 1.95 bits per heavy atom. The van der Waals surface area contributed by atoms with Crippen molar-refractivity contribution >= 4 is 0 Å². The van der Waals surface area contributed by atoms with E-state index in [0.717, 1.165) is 11.8 Å². The fourth-order valence-electron chi connectivity index (χ4n) is 3.12. The van der Waals surface area contributed by atoms with Gasteiger partial charge in [-0.05, 0) is 35.8 Å². The Hall–Kier alpha value is 0.245. The summed E-state index contributed by atoms with van der Waals surface area (Å²) in [6.45, 7) is 2.38. The Morgan fingerprint density at radius 1 is 0.800 bits per heavy atom. The van der Waals surface area contributed by atoms with Crippen molar-refractivity contribution in [3.8, 4) is 11.1 Å². The molecule has 98 valence electrons. The van der Waals surface area contributed by atoms with Gasteiger partial charge in [-0.25, -0.2) is 0 Å². The molecular formula is C19H21Rb. The summed E-state index contributed by atoms with van der Waals surface area (Å²) in [5, 5.41) is 0. The molecule has 1 fully saturated rings. The van der Waals surface area contributed by atoms with Crippen LogP contribution in [0.5, 0.6) is 0 Å². The SMILES string of the molecule is CC1CCC(c2ccc(-c3cc[c-]cc3)cc2)CC1.[Rb+]. The zero-order valence-electron chi connectivity index (χ0n) is 12.6. The van der Waals surface area contributed by atoms with Gasteiger partial charge in [-0.2, -0.15) is 30.3 Å². The van der Waals surface area contributed by atoms with Crippen LogP contribution in [0, 0.1) is 12.0 Å². The number of rotatable bonds is 2. The van der Waals surface area contributed by atoms with E-state index in [1.165, 1.54) is 42.4 Å².